The summed E-state index contributed by atoms with van der Waals surface area (Å²) < 4.78 is 0. The summed E-state index contributed by atoms with van der Waals surface area (Å²) in [6, 6.07) is 19.5. The lowest BCUT2D eigenvalue weighted by Gasteiger charge is -2.14. The minimum atomic E-state index is 1.21. The second kappa shape index (κ2) is 6.03. The second-order valence-electron chi connectivity index (χ2n) is 5.55. The quantitative estimate of drug-likeness (QED) is 0.515. The molecule has 0 aromatic heterocycles. The fourth-order valence-corrected chi connectivity index (χ4v) is 2.98. The van der Waals surface area contributed by atoms with Gasteiger partial charge >= 0.3 is 0 Å². The van der Waals surface area contributed by atoms with Crippen LogP contribution in [0.15, 0.2) is 67.3 Å². The fourth-order valence-electron chi connectivity index (χ4n) is 2.98. The van der Waals surface area contributed by atoms with Gasteiger partial charge in [-0.3, -0.25) is 0 Å². The molecule has 0 N–H and O–H groups in total. The van der Waals surface area contributed by atoms with Gasteiger partial charge in [-0.15, -0.1) is 0 Å². The molecule has 0 fully saturated rings. The van der Waals surface area contributed by atoms with E-state index in [1.165, 1.54) is 38.6 Å². The Kier molecular flexibility index (Phi) is 3.93. The van der Waals surface area contributed by atoms with Crippen LogP contribution < -0.4 is 0 Å². The third kappa shape index (κ3) is 2.48. The Morgan fingerprint density at radius 1 is 0.909 bits per heavy atom. The number of aryl methyl sites for hydroxylation is 1. The third-order valence-corrected chi connectivity index (χ3v) is 4.00. The molecule has 3 rings (SSSR count). The van der Waals surface area contributed by atoms with Crippen molar-refractivity contribution >= 4 is 22.9 Å². The number of allylic oxidation sites excluding steroid dienone is 1. The average molecular weight is 284 g/mol. The third-order valence-electron chi connectivity index (χ3n) is 4.00. The van der Waals surface area contributed by atoms with Crippen LogP contribution in [0.2, 0.25) is 0 Å². The molecule has 0 spiro atoms. The minimum Gasteiger partial charge on any atom is -0.0984 e. The Morgan fingerprint density at radius 2 is 1.68 bits per heavy atom. The molecule has 108 valence electrons. The maximum Gasteiger partial charge on any atom is -0.00968 e. The van der Waals surface area contributed by atoms with Crippen LogP contribution in [0.25, 0.3) is 34.1 Å². The van der Waals surface area contributed by atoms with E-state index >= 15 is 0 Å². The number of rotatable bonds is 3. The summed E-state index contributed by atoms with van der Waals surface area (Å²) in [5, 5.41) is 2.55. The van der Waals surface area contributed by atoms with Gasteiger partial charge in [-0.2, -0.15) is 0 Å². The number of hydrogen-bond donors (Lipinski definition) is 0. The van der Waals surface area contributed by atoms with Crippen LogP contribution in [0.5, 0.6) is 0 Å². The van der Waals surface area contributed by atoms with E-state index in [-0.39, 0.29) is 0 Å². The van der Waals surface area contributed by atoms with Crippen LogP contribution in [0, 0.1) is 6.92 Å². The van der Waals surface area contributed by atoms with E-state index in [4.69, 9.17) is 0 Å². The van der Waals surface area contributed by atoms with Crippen molar-refractivity contribution in [2.45, 2.75) is 13.8 Å². The number of fused-ring (bicyclic) bond motifs is 1. The van der Waals surface area contributed by atoms with Crippen molar-refractivity contribution in [3.05, 3.63) is 83.9 Å². The second-order valence-corrected chi connectivity index (χ2v) is 5.55. The van der Waals surface area contributed by atoms with Gasteiger partial charge in [0.2, 0.25) is 0 Å². The SMILES string of the molecule is C=Cc1c(/C=C\C)cc(-c2ccccc2)c2ccc(C)cc12. The van der Waals surface area contributed by atoms with E-state index in [9.17, 15) is 0 Å². The van der Waals surface area contributed by atoms with E-state index in [0.29, 0.717) is 0 Å². The van der Waals surface area contributed by atoms with Crippen molar-refractivity contribution < 1.29 is 0 Å². The summed E-state index contributed by atoms with van der Waals surface area (Å²) in [5.74, 6) is 0. The van der Waals surface area contributed by atoms with Gasteiger partial charge in [0.05, 0.1) is 0 Å². The summed E-state index contributed by atoms with van der Waals surface area (Å²) in [5.41, 5.74) is 6.21. The first-order valence-corrected chi connectivity index (χ1v) is 7.62. The van der Waals surface area contributed by atoms with Gasteiger partial charge < -0.3 is 0 Å². The smallest absolute Gasteiger partial charge is 0.00968 e. The van der Waals surface area contributed by atoms with E-state index < -0.39 is 0 Å². The van der Waals surface area contributed by atoms with Gasteiger partial charge in [-0.25, -0.2) is 0 Å². The highest BCUT2D eigenvalue weighted by Crippen LogP contribution is 2.35. The van der Waals surface area contributed by atoms with Crippen molar-refractivity contribution in [2.24, 2.45) is 0 Å². The molecule has 0 bridgehead atoms. The van der Waals surface area contributed by atoms with Crippen LogP contribution >= 0.6 is 0 Å². The molecule has 0 aliphatic heterocycles. The maximum atomic E-state index is 4.02. The molecule has 0 saturated heterocycles. The van der Waals surface area contributed by atoms with Crippen molar-refractivity contribution in [3.63, 3.8) is 0 Å². The summed E-state index contributed by atoms with van der Waals surface area (Å²) in [7, 11) is 0. The van der Waals surface area contributed by atoms with Crippen LogP contribution in [0.1, 0.15) is 23.6 Å². The maximum absolute atomic E-state index is 4.02. The van der Waals surface area contributed by atoms with E-state index in [2.05, 4.69) is 87.2 Å². The lowest BCUT2D eigenvalue weighted by Crippen LogP contribution is -1.90. The summed E-state index contributed by atoms with van der Waals surface area (Å²) in [6.45, 7) is 8.21. The highest BCUT2D eigenvalue weighted by molar-refractivity contribution is 6.03. The molecule has 0 atom stereocenters. The standard InChI is InChI=1S/C22H20/c1-4-9-18-15-21(17-10-7-6-8-11-17)20-13-12-16(3)14-22(20)19(18)5-2/h4-15H,2H2,1,3H3/b9-4-. The Hall–Kier alpha value is -2.60. The first-order valence-electron chi connectivity index (χ1n) is 7.62. The van der Waals surface area contributed by atoms with Crippen LogP contribution in [0.4, 0.5) is 0 Å². The molecule has 0 saturated carbocycles. The summed E-state index contributed by atoms with van der Waals surface area (Å²) in [6.07, 6.45) is 6.20. The largest absolute Gasteiger partial charge is 0.0984 e. The highest BCUT2D eigenvalue weighted by atomic mass is 14.1. The zero-order valence-electron chi connectivity index (χ0n) is 13.1. The molecule has 0 radical (unpaired) electrons. The molecule has 3 aromatic rings. The van der Waals surface area contributed by atoms with Gasteiger partial charge in [-0.05, 0) is 52.9 Å². The van der Waals surface area contributed by atoms with Crippen LogP contribution in [-0.4, -0.2) is 0 Å². The molecule has 0 aliphatic rings. The molecule has 0 unspecified atom stereocenters. The fraction of sp³-hybridized carbons (Fsp3) is 0.0909. The van der Waals surface area contributed by atoms with Gasteiger partial charge in [0.1, 0.15) is 0 Å². The molecule has 0 heteroatoms. The molecule has 0 heterocycles. The van der Waals surface area contributed by atoms with E-state index in [1.54, 1.807) is 0 Å². The van der Waals surface area contributed by atoms with Crippen LogP contribution in [-0.2, 0) is 0 Å². The number of hydrogen-bond acceptors (Lipinski definition) is 0. The lowest BCUT2D eigenvalue weighted by atomic mass is 9.90. The lowest BCUT2D eigenvalue weighted by molar-refractivity contribution is 1.50. The molecular weight excluding hydrogens is 264 g/mol. The molecule has 22 heavy (non-hydrogen) atoms. The Balaban J connectivity index is 2.44. The minimum absolute atomic E-state index is 1.21. The molecule has 0 aliphatic carbocycles. The zero-order valence-corrected chi connectivity index (χ0v) is 13.1. The van der Waals surface area contributed by atoms with Crippen molar-refractivity contribution in [1.82, 2.24) is 0 Å². The van der Waals surface area contributed by atoms with Gasteiger partial charge in [-0.1, -0.05) is 78.9 Å². The monoisotopic (exact) mass is 284 g/mol. The highest BCUT2D eigenvalue weighted by Gasteiger charge is 2.10. The van der Waals surface area contributed by atoms with Crippen molar-refractivity contribution in [3.8, 4) is 11.1 Å². The molecular formula is C22H20. The Bertz CT molecular complexity index is 852. The normalized spacial score (nSPS) is 11.2. The summed E-state index contributed by atoms with van der Waals surface area (Å²) >= 11 is 0. The number of benzene rings is 3. The molecule has 3 aromatic carbocycles. The van der Waals surface area contributed by atoms with E-state index in [0.717, 1.165) is 0 Å². The molecule has 0 nitrogen and oxygen atoms in total. The predicted molar refractivity (Wildman–Crippen MR) is 98.9 cm³/mol. The topological polar surface area (TPSA) is 0 Å². The van der Waals surface area contributed by atoms with E-state index in [1.807, 2.05) is 6.08 Å². The Morgan fingerprint density at radius 3 is 2.36 bits per heavy atom. The predicted octanol–water partition coefficient (Wildman–Crippen LogP) is 6.49. The summed E-state index contributed by atoms with van der Waals surface area (Å²) in [4.78, 5) is 0. The van der Waals surface area contributed by atoms with Gasteiger partial charge in [0.25, 0.3) is 0 Å². The first kappa shape index (κ1) is 14.3. The zero-order chi connectivity index (χ0) is 15.5. The first-order chi connectivity index (χ1) is 10.7. The van der Waals surface area contributed by atoms with Crippen molar-refractivity contribution in [2.75, 3.05) is 0 Å². The van der Waals surface area contributed by atoms with Gasteiger partial charge in [0.15, 0.2) is 0 Å². The van der Waals surface area contributed by atoms with Crippen molar-refractivity contribution in [1.29, 1.82) is 0 Å². The van der Waals surface area contributed by atoms with Crippen LogP contribution in [0.3, 0.4) is 0 Å². The van der Waals surface area contributed by atoms with Gasteiger partial charge in [0, 0.05) is 0 Å². The molecule has 0 amide bonds. The average Bonchev–Trinajstić information content (AvgIpc) is 2.55. The Labute approximate surface area is 132 Å².